The van der Waals surface area contributed by atoms with Gasteiger partial charge in [-0.1, -0.05) is 42.6 Å². The van der Waals surface area contributed by atoms with Gasteiger partial charge in [0.05, 0.1) is 5.25 Å². The molecule has 0 aliphatic heterocycles. The fourth-order valence-electron chi connectivity index (χ4n) is 3.25. The van der Waals surface area contributed by atoms with Gasteiger partial charge in [-0.3, -0.25) is 9.89 Å². The van der Waals surface area contributed by atoms with E-state index in [4.69, 9.17) is 16.3 Å². The van der Waals surface area contributed by atoms with E-state index in [0.29, 0.717) is 21.9 Å². The van der Waals surface area contributed by atoms with Crippen LogP contribution >= 0.6 is 23.4 Å². The van der Waals surface area contributed by atoms with Crippen LogP contribution in [-0.2, 0) is 11.4 Å². The van der Waals surface area contributed by atoms with Crippen LogP contribution in [0.25, 0.3) is 0 Å². The summed E-state index contributed by atoms with van der Waals surface area (Å²) in [5.41, 5.74) is 0.959. The minimum atomic E-state index is -0.243. The molecule has 0 saturated heterocycles. The van der Waals surface area contributed by atoms with Gasteiger partial charge in [-0.2, -0.15) is 0 Å². The zero-order valence-corrected chi connectivity index (χ0v) is 17.9. The summed E-state index contributed by atoms with van der Waals surface area (Å²) < 4.78 is 5.72. The Morgan fingerprint density at radius 1 is 1.39 bits per heavy atom. The number of benzene rings is 1. The average molecular weight is 423 g/mol. The molecular formula is C20H27ClN4O2S. The minimum Gasteiger partial charge on any atom is -0.486 e. The first-order valence-electron chi connectivity index (χ1n) is 9.76. The van der Waals surface area contributed by atoms with E-state index in [1.54, 1.807) is 0 Å². The predicted molar refractivity (Wildman–Crippen MR) is 112 cm³/mol. The zero-order chi connectivity index (χ0) is 19.9. The molecule has 6 nitrogen and oxygen atoms in total. The van der Waals surface area contributed by atoms with Crippen LogP contribution in [-0.4, -0.2) is 32.9 Å². The highest BCUT2D eigenvalue weighted by molar-refractivity contribution is 8.00. The van der Waals surface area contributed by atoms with E-state index in [-0.39, 0.29) is 17.8 Å². The van der Waals surface area contributed by atoms with Crippen LogP contribution in [0.15, 0.2) is 23.4 Å². The summed E-state index contributed by atoms with van der Waals surface area (Å²) >= 11 is 7.37. The highest BCUT2D eigenvalue weighted by Crippen LogP contribution is 2.24. The Kier molecular flexibility index (Phi) is 7.62. The lowest BCUT2D eigenvalue weighted by molar-refractivity contribution is -0.120. The molecule has 1 aromatic heterocycles. The van der Waals surface area contributed by atoms with Crippen LogP contribution in [0.5, 0.6) is 5.75 Å². The number of carbonyl (C=O) groups is 1. The second-order valence-electron chi connectivity index (χ2n) is 7.27. The van der Waals surface area contributed by atoms with Crippen LogP contribution in [0, 0.1) is 12.8 Å². The lowest BCUT2D eigenvalue weighted by atomic mass is 9.89. The van der Waals surface area contributed by atoms with Gasteiger partial charge >= 0.3 is 0 Å². The third-order valence-electron chi connectivity index (χ3n) is 4.96. The normalized spacial score (nSPS) is 16.0. The zero-order valence-electron chi connectivity index (χ0n) is 16.3. The van der Waals surface area contributed by atoms with Crippen molar-refractivity contribution >= 4 is 29.3 Å². The molecule has 3 rings (SSSR count). The molecule has 8 heteroatoms. The maximum absolute atomic E-state index is 12.3. The first-order chi connectivity index (χ1) is 13.5. The number of aryl methyl sites for hydroxylation is 1. The number of rotatable bonds is 8. The van der Waals surface area contributed by atoms with E-state index < -0.39 is 0 Å². The first-order valence-corrected chi connectivity index (χ1v) is 11.0. The van der Waals surface area contributed by atoms with Crippen molar-refractivity contribution in [2.24, 2.45) is 5.92 Å². The van der Waals surface area contributed by atoms with Gasteiger partial charge in [-0.25, -0.2) is 4.98 Å². The van der Waals surface area contributed by atoms with Crippen LogP contribution in [0.4, 0.5) is 0 Å². The Morgan fingerprint density at radius 3 is 2.93 bits per heavy atom. The Balaban J connectivity index is 1.43. The molecule has 1 fully saturated rings. The van der Waals surface area contributed by atoms with Gasteiger partial charge in [-0.15, -0.1) is 5.10 Å². The number of amides is 1. The van der Waals surface area contributed by atoms with Crippen molar-refractivity contribution in [3.05, 3.63) is 34.6 Å². The van der Waals surface area contributed by atoms with Crippen molar-refractivity contribution in [2.75, 3.05) is 6.54 Å². The van der Waals surface area contributed by atoms with Gasteiger partial charge in [0.25, 0.3) is 0 Å². The number of ether oxygens (including phenoxy) is 1. The molecule has 1 saturated carbocycles. The van der Waals surface area contributed by atoms with E-state index in [1.807, 2.05) is 32.0 Å². The number of hydrogen-bond donors (Lipinski definition) is 2. The average Bonchev–Trinajstić information content (AvgIpc) is 3.15. The van der Waals surface area contributed by atoms with Crippen molar-refractivity contribution < 1.29 is 9.53 Å². The molecule has 1 aliphatic rings. The van der Waals surface area contributed by atoms with Gasteiger partial charge in [-0.05, 0) is 56.4 Å². The molecule has 0 spiro atoms. The quantitative estimate of drug-likeness (QED) is 0.611. The lowest BCUT2D eigenvalue weighted by Crippen LogP contribution is -2.35. The number of carbonyl (C=O) groups excluding carboxylic acids is 1. The maximum Gasteiger partial charge on any atom is 0.233 e. The Bertz CT molecular complexity index is 792. The van der Waals surface area contributed by atoms with Crippen molar-refractivity contribution in [2.45, 2.75) is 63.0 Å². The topological polar surface area (TPSA) is 79.9 Å². The molecule has 0 radical (unpaired) electrons. The number of aromatic nitrogens is 3. The predicted octanol–water partition coefficient (Wildman–Crippen LogP) is 4.52. The Labute approximate surface area is 175 Å². The maximum atomic E-state index is 12.3. The summed E-state index contributed by atoms with van der Waals surface area (Å²) in [6, 6.07) is 5.51. The summed E-state index contributed by atoms with van der Waals surface area (Å²) in [5.74, 6) is 2.00. The molecule has 1 amide bonds. The number of nitrogens with zero attached hydrogens (tertiary/aromatic N) is 2. The third kappa shape index (κ3) is 6.14. The van der Waals surface area contributed by atoms with E-state index >= 15 is 0 Å². The second-order valence-corrected chi connectivity index (χ2v) is 8.99. The largest absolute Gasteiger partial charge is 0.486 e. The number of aromatic amines is 1. The Hall–Kier alpha value is -1.73. The summed E-state index contributed by atoms with van der Waals surface area (Å²) in [6.45, 7) is 4.86. The number of hydrogen-bond acceptors (Lipinski definition) is 5. The summed E-state index contributed by atoms with van der Waals surface area (Å²) in [4.78, 5) is 16.7. The molecule has 2 N–H and O–H groups in total. The van der Waals surface area contributed by atoms with E-state index in [0.717, 1.165) is 17.9 Å². The smallest absolute Gasteiger partial charge is 0.233 e. The van der Waals surface area contributed by atoms with Crippen LogP contribution in [0.3, 0.4) is 0 Å². The summed E-state index contributed by atoms with van der Waals surface area (Å²) in [6.07, 6.45) is 6.33. The summed E-state index contributed by atoms with van der Waals surface area (Å²) in [7, 11) is 0. The van der Waals surface area contributed by atoms with Gasteiger partial charge in [0.15, 0.2) is 5.82 Å². The van der Waals surface area contributed by atoms with Crippen LogP contribution < -0.4 is 10.1 Å². The van der Waals surface area contributed by atoms with E-state index in [1.165, 1.54) is 43.9 Å². The number of H-pyrrole nitrogens is 1. The van der Waals surface area contributed by atoms with Gasteiger partial charge < -0.3 is 10.1 Å². The number of thioether (sulfide) groups is 1. The fraction of sp³-hybridized carbons (Fsp3) is 0.550. The van der Waals surface area contributed by atoms with Crippen molar-refractivity contribution in [3.63, 3.8) is 0 Å². The molecule has 1 atom stereocenters. The van der Waals surface area contributed by atoms with Crippen LogP contribution in [0.1, 0.15) is 50.4 Å². The van der Waals surface area contributed by atoms with Gasteiger partial charge in [0, 0.05) is 11.6 Å². The van der Waals surface area contributed by atoms with Crippen LogP contribution in [0.2, 0.25) is 5.02 Å². The molecule has 152 valence electrons. The molecular weight excluding hydrogens is 396 g/mol. The SMILES string of the molecule is Cc1cc(OCc2nc(S[C@H](C)C(=O)NCC3CCCCC3)n[nH]2)ccc1Cl. The molecule has 1 heterocycles. The van der Waals surface area contributed by atoms with Gasteiger partial charge in [0.2, 0.25) is 11.1 Å². The van der Waals surface area contributed by atoms with Crippen molar-refractivity contribution in [3.8, 4) is 5.75 Å². The molecule has 0 bridgehead atoms. The van der Waals surface area contributed by atoms with E-state index in [2.05, 4.69) is 20.5 Å². The minimum absolute atomic E-state index is 0.0369. The lowest BCUT2D eigenvalue weighted by Gasteiger charge is -2.22. The van der Waals surface area contributed by atoms with Gasteiger partial charge in [0.1, 0.15) is 12.4 Å². The van der Waals surface area contributed by atoms with Crippen molar-refractivity contribution in [1.82, 2.24) is 20.5 Å². The second kappa shape index (κ2) is 10.2. The number of halogens is 1. The highest BCUT2D eigenvalue weighted by atomic mass is 35.5. The number of nitrogens with one attached hydrogen (secondary N) is 2. The molecule has 28 heavy (non-hydrogen) atoms. The monoisotopic (exact) mass is 422 g/mol. The molecule has 0 unspecified atom stereocenters. The Morgan fingerprint density at radius 2 is 2.18 bits per heavy atom. The third-order valence-corrected chi connectivity index (χ3v) is 6.34. The molecule has 1 aliphatic carbocycles. The first kappa shape index (κ1) is 21.0. The summed E-state index contributed by atoms with van der Waals surface area (Å²) in [5, 5.41) is 11.1. The standard InChI is InChI=1S/C20H27ClN4O2S/c1-13-10-16(8-9-17(13)21)27-12-18-23-20(25-24-18)28-14(2)19(26)22-11-15-6-4-3-5-7-15/h8-10,14-15H,3-7,11-12H2,1-2H3,(H,22,26)(H,23,24,25)/t14-/m1/s1. The molecule has 1 aromatic carbocycles. The van der Waals surface area contributed by atoms with Crippen molar-refractivity contribution in [1.29, 1.82) is 0 Å². The highest BCUT2D eigenvalue weighted by Gasteiger charge is 2.19. The fourth-order valence-corrected chi connectivity index (χ4v) is 4.13. The van der Waals surface area contributed by atoms with E-state index in [9.17, 15) is 4.79 Å². The molecule has 2 aromatic rings.